The van der Waals surface area contributed by atoms with Crippen molar-refractivity contribution in [3.63, 3.8) is 0 Å². The first-order chi connectivity index (χ1) is 8.20. The summed E-state index contributed by atoms with van der Waals surface area (Å²) >= 11 is 5.19. The lowest BCUT2D eigenvalue weighted by atomic mass is 10.0. The zero-order chi connectivity index (χ0) is 12.3. The highest BCUT2D eigenvalue weighted by Crippen LogP contribution is 2.21. The standard InChI is InChI=1S/C12H19N3OS/c1-2-6-14-7-3-10(4-8-14)15-9-5-11(16)13-12(15)17/h5,9-10H,2-4,6-8H2,1H3,(H,13,16,17). The lowest BCUT2D eigenvalue weighted by molar-refractivity contribution is 0.185. The third kappa shape index (κ3) is 3.04. The van der Waals surface area contributed by atoms with Crippen molar-refractivity contribution in [3.8, 4) is 0 Å². The van der Waals surface area contributed by atoms with Crippen LogP contribution in [0, 0.1) is 4.77 Å². The number of nitrogens with zero attached hydrogens (tertiary/aromatic N) is 2. The van der Waals surface area contributed by atoms with E-state index in [0.717, 1.165) is 25.9 Å². The topological polar surface area (TPSA) is 41.0 Å². The molecule has 0 radical (unpaired) electrons. The zero-order valence-electron chi connectivity index (χ0n) is 10.2. The maximum absolute atomic E-state index is 11.1. The van der Waals surface area contributed by atoms with Crippen LogP contribution in [0.25, 0.3) is 0 Å². The van der Waals surface area contributed by atoms with Crippen LogP contribution in [0.15, 0.2) is 17.1 Å². The third-order valence-electron chi connectivity index (χ3n) is 3.34. The van der Waals surface area contributed by atoms with Gasteiger partial charge in [0, 0.05) is 31.4 Å². The van der Waals surface area contributed by atoms with Crippen LogP contribution in [0.1, 0.15) is 32.2 Å². The Morgan fingerprint density at radius 1 is 1.47 bits per heavy atom. The first-order valence-electron chi connectivity index (χ1n) is 6.24. The van der Waals surface area contributed by atoms with Crippen molar-refractivity contribution in [1.29, 1.82) is 0 Å². The summed E-state index contributed by atoms with van der Waals surface area (Å²) in [5, 5.41) is 0. The lowest BCUT2D eigenvalue weighted by Crippen LogP contribution is -2.35. The number of piperidine rings is 1. The predicted molar refractivity (Wildman–Crippen MR) is 70.9 cm³/mol. The van der Waals surface area contributed by atoms with Gasteiger partial charge in [-0.15, -0.1) is 0 Å². The minimum atomic E-state index is -0.116. The number of likely N-dealkylation sites (tertiary alicyclic amines) is 1. The van der Waals surface area contributed by atoms with Crippen molar-refractivity contribution in [2.24, 2.45) is 0 Å². The van der Waals surface area contributed by atoms with E-state index in [9.17, 15) is 4.79 Å². The van der Waals surface area contributed by atoms with Crippen LogP contribution in [0.2, 0.25) is 0 Å². The largest absolute Gasteiger partial charge is 0.322 e. The second-order valence-corrected chi connectivity index (χ2v) is 4.98. The van der Waals surface area contributed by atoms with Gasteiger partial charge < -0.3 is 9.47 Å². The molecule has 2 rings (SSSR count). The van der Waals surface area contributed by atoms with Gasteiger partial charge in [-0.3, -0.25) is 9.78 Å². The molecule has 0 spiro atoms. The summed E-state index contributed by atoms with van der Waals surface area (Å²) < 4.78 is 2.58. The van der Waals surface area contributed by atoms with E-state index < -0.39 is 0 Å². The molecule has 4 nitrogen and oxygen atoms in total. The summed E-state index contributed by atoms with van der Waals surface area (Å²) in [6.07, 6.45) is 5.25. The molecule has 2 heterocycles. The van der Waals surface area contributed by atoms with Gasteiger partial charge in [0.15, 0.2) is 4.77 Å². The Balaban J connectivity index is 2.05. The van der Waals surface area contributed by atoms with Gasteiger partial charge in [0.25, 0.3) is 5.56 Å². The normalized spacial score (nSPS) is 18.4. The highest BCUT2D eigenvalue weighted by atomic mass is 32.1. The molecule has 0 aliphatic carbocycles. The Hall–Kier alpha value is -0.940. The quantitative estimate of drug-likeness (QED) is 0.837. The second-order valence-electron chi connectivity index (χ2n) is 4.59. The Labute approximate surface area is 106 Å². The molecular formula is C12H19N3OS. The Kier molecular flexibility index (Phi) is 4.12. The van der Waals surface area contributed by atoms with Crippen molar-refractivity contribution in [3.05, 3.63) is 27.4 Å². The highest BCUT2D eigenvalue weighted by molar-refractivity contribution is 7.71. The Morgan fingerprint density at radius 3 is 2.76 bits per heavy atom. The van der Waals surface area contributed by atoms with Crippen molar-refractivity contribution < 1.29 is 0 Å². The molecule has 1 saturated heterocycles. The molecule has 1 aliphatic heterocycles. The van der Waals surface area contributed by atoms with Crippen LogP contribution < -0.4 is 5.56 Å². The molecular weight excluding hydrogens is 234 g/mol. The third-order valence-corrected chi connectivity index (χ3v) is 3.65. The van der Waals surface area contributed by atoms with E-state index in [1.165, 1.54) is 13.0 Å². The summed E-state index contributed by atoms with van der Waals surface area (Å²) in [5.41, 5.74) is -0.116. The molecule has 0 amide bonds. The molecule has 5 heteroatoms. The fourth-order valence-corrected chi connectivity index (χ4v) is 2.76. The van der Waals surface area contributed by atoms with E-state index in [1.54, 1.807) is 6.07 Å². The minimum Gasteiger partial charge on any atom is -0.322 e. The molecule has 94 valence electrons. The van der Waals surface area contributed by atoms with Crippen molar-refractivity contribution in [2.45, 2.75) is 32.2 Å². The van der Waals surface area contributed by atoms with Gasteiger partial charge in [-0.1, -0.05) is 6.92 Å². The smallest absolute Gasteiger partial charge is 0.251 e. The number of rotatable bonds is 3. The van der Waals surface area contributed by atoms with Crippen molar-refractivity contribution >= 4 is 12.2 Å². The molecule has 0 saturated carbocycles. The fourth-order valence-electron chi connectivity index (χ4n) is 2.45. The molecule has 1 N–H and O–H groups in total. The summed E-state index contributed by atoms with van der Waals surface area (Å²) in [7, 11) is 0. The van der Waals surface area contributed by atoms with Crippen LogP contribution in [-0.4, -0.2) is 34.1 Å². The number of H-pyrrole nitrogens is 1. The van der Waals surface area contributed by atoms with E-state index in [0.29, 0.717) is 10.8 Å². The average Bonchev–Trinajstić information content (AvgIpc) is 2.31. The van der Waals surface area contributed by atoms with Crippen LogP contribution >= 0.6 is 12.2 Å². The van der Waals surface area contributed by atoms with Crippen LogP contribution in [0.4, 0.5) is 0 Å². The first kappa shape index (κ1) is 12.5. The Morgan fingerprint density at radius 2 is 2.18 bits per heavy atom. The fraction of sp³-hybridized carbons (Fsp3) is 0.667. The van der Waals surface area contributed by atoms with Gasteiger partial charge in [0.05, 0.1) is 0 Å². The molecule has 0 atom stereocenters. The van der Waals surface area contributed by atoms with Gasteiger partial charge in [-0.25, -0.2) is 0 Å². The van der Waals surface area contributed by atoms with Gasteiger partial charge in [0.1, 0.15) is 0 Å². The minimum absolute atomic E-state index is 0.116. The van der Waals surface area contributed by atoms with E-state index in [2.05, 4.69) is 16.8 Å². The molecule has 17 heavy (non-hydrogen) atoms. The highest BCUT2D eigenvalue weighted by Gasteiger charge is 2.19. The number of aromatic amines is 1. The van der Waals surface area contributed by atoms with Gasteiger partial charge in [0.2, 0.25) is 0 Å². The van der Waals surface area contributed by atoms with Crippen LogP contribution in [0.5, 0.6) is 0 Å². The molecule has 0 bridgehead atoms. The molecule has 0 aromatic carbocycles. The predicted octanol–water partition coefficient (Wildman–Crippen LogP) is 1.95. The summed E-state index contributed by atoms with van der Waals surface area (Å²) in [5.74, 6) is 0. The maximum atomic E-state index is 11.1. The van der Waals surface area contributed by atoms with Gasteiger partial charge in [-0.05, 0) is 38.0 Å². The van der Waals surface area contributed by atoms with E-state index >= 15 is 0 Å². The summed E-state index contributed by atoms with van der Waals surface area (Å²) in [6.45, 7) is 5.65. The van der Waals surface area contributed by atoms with Crippen molar-refractivity contribution in [1.82, 2.24) is 14.5 Å². The van der Waals surface area contributed by atoms with E-state index in [1.807, 2.05) is 10.8 Å². The van der Waals surface area contributed by atoms with Crippen LogP contribution in [0.3, 0.4) is 0 Å². The van der Waals surface area contributed by atoms with Gasteiger partial charge >= 0.3 is 0 Å². The molecule has 1 aliphatic rings. The number of nitrogens with one attached hydrogen (secondary N) is 1. The van der Waals surface area contributed by atoms with Crippen LogP contribution in [-0.2, 0) is 0 Å². The van der Waals surface area contributed by atoms with E-state index in [4.69, 9.17) is 12.2 Å². The SMILES string of the molecule is CCCN1CCC(n2ccc(=O)[nH]c2=S)CC1. The number of hydrogen-bond donors (Lipinski definition) is 1. The monoisotopic (exact) mass is 253 g/mol. The second kappa shape index (κ2) is 5.60. The number of aromatic nitrogens is 2. The molecule has 0 unspecified atom stereocenters. The molecule has 1 fully saturated rings. The first-order valence-corrected chi connectivity index (χ1v) is 6.65. The van der Waals surface area contributed by atoms with E-state index in [-0.39, 0.29) is 5.56 Å². The molecule has 1 aromatic rings. The van der Waals surface area contributed by atoms with Crippen molar-refractivity contribution in [2.75, 3.05) is 19.6 Å². The average molecular weight is 253 g/mol. The Bertz CT molecular complexity index is 471. The summed E-state index contributed by atoms with van der Waals surface area (Å²) in [4.78, 5) is 16.3. The maximum Gasteiger partial charge on any atom is 0.251 e. The number of hydrogen-bond acceptors (Lipinski definition) is 3. The zero-order valence-corrected chi connectivity index (χ0v) is 11.0. The lowest BCUT2D eigenvalue weighted by Gasteiger charge is -2.32. The van der Waals surface area contributed by atoms with Gasteiger partial charge in [-0.2, -0.15) is 0 Å². The summed E-state index contributed by atoms with van der Waals surface area (Å²) in [6, 6.07) is 1.99. The molecule has 1 aromatic heterocycles.